The lowest BCUT2D eigenvalue weighted by molar-refractivity contribution is -0.141. The van der Waals surface area contributed by atoms with Gasteiger partial charge in [0.2, 0.25) is 5.91 Å². The molecule has 2 aromatic carbocycles. The summed E-state index contributed by atoms with van der Waals surface area (Å²) < 4.78 is 41.4. The largest absolute Gasteiger partial charge is 0.433 e. The number of imide groups is 1. The van der Waals surface area contributed by atoms with Gasteiger partial charge in [-0.05, 0) is 99.3 Å². The van der Waals surface area contributed by atoms with Gasteiger partial charge in [0.15, 0.2) is 0 Å². The number of fused-ring (bicyclic) bond motifs is 2. The number of pyridine rings is 2. The van der Waals surface area contributed by atoms with Crippen molar-refractivity contribution < 1.29 is 27.6 Å². The summed E-state index contributed by atoms with van der Waals surface area (Å²) in [5, 5.41) is 22.1. The Balaban J connectivity index is 0.851. The van der Waals surface area contributed by atoms with Crippen LogP contribution in [0.15, 0.2) is 67.1 Å². The topological polar surface area (TPSA) is 149 Å². The standard InChI is InChI=1S/C40H38F3N9O3/c41-40(42,43)36-3-1-2-32(46-36)38(54)47-33-18-29-23-52(49-34(29)17-27(33)19-44)30-7-4-24(5-8-30)22-50-13-10-25(11-14-50)26-6-9-31-28(16-26)20-45-21-35(31)51-15-12-37(53)48-39(51)55/h1-3,6,9,16-18,20-21,23-25,30H,4-5,7-8,10-15,22H2,(H,47,54)(H,48,53,55)/t24-,30-. The fraction of sp³-hybridized carbons (Fsp3) is 0.375. The Kier molecular flexibility index (Phi) is 9.68. The van der Waals surface area contributed by atoms with E-state index in [2.05, 4.69) is 49.8 Å². The molecule has 12 nitrogen and oxygen atoms in total. The smallest absolute Gasteiger partial charge is 0.319 e. The van der Waals surface area contributed by atoms with E-state index in [1.807, 2.05) is 17.1 Å². The Morgan fingerprint density at radius 2 is 1.76 bits per heavy atom. The number of benzene rings is 2. The predicted octanol–water partition coefficient (Wildman–Crippen LogP) is 7.18. The summed E-state index contributed by atoms with van der Waals surface area (Å²) >= 11 is 0. The second-order valence-electron chi connectivity index (χ2n) is 14.7. The number of carbonyl (C=O) groups is 3. The van der Waals surface area contributed by atoms with Crippen molar-refractivity contribution in [3.05, 3.63) is 89.6 Å². The van der Waals surface area contributed by atoms with Crippen LogP contribution >= 0.6 is 0 Å². The first kappa shape index (κ1) is 36.1. The van der Waals surface area contributed by atoms with Crippen molar-refractivity contribution in [1.29, 1.82) is 5.26 Å². The maximum absolute atomic E-state index is 13.1. The minimum absolute atomic E-state index is 0.153. The van der Waals surface area contributed by atoms with Crippen molar-refractivity contribution >= 4 is 50.9 Å². The number of hydrogen-bond donors (Lipinski definition) is 2. The number of piperidine rings is 1. The molecule has 5 aromatic rings. The van der Waals surface area contributed by atoms with E-state index in [9.17, 15) is 32.8 Å². The van der Waals surface area contributed by atoms with Gasteiger partial charge in [-0.15, -0.1) is 0 Å². The van der Waals surface area contributed by atoms with Crippen molar-refractivity contribution in [3.63, 3.8) is 0 Å². The lowest BCUT2D eigenvalue weighted by Gasteiger charge is -2.37. The van der Waals surface area contributed by atoms with Crippen LogP contribution in [0.5, 0.6) is 0 Å². The molecule has 0 spiro atoms. The third-order valence-electron chi connectivity index (χ3n) is 11.2. The number of rotatable bonds is 7. The lowest BCUT2D eigenvalue weighted by atomic mass is 9.84. The molecule has 55 heavy (non-hydrogen) atoms. The molecule has 15 heteroatoms. The zero-order chi connectivity index (χ0) is 38.3. The number of carbonyl (C=O) groups excluding carboxylic acids is 3. The quantitative estimate of drug-likeness (QED) is 0.178. The zero-order valence-electron chi connectivity index (χ0n) is 29.9. The first-order valence-corrected chi connectivity index (χ1v) is 18.5. The van der Waals surface area contributed by atoms with Gasteiger partial charge in [0, 0.05) is 48.1 Å². The molecule has 1 saturated carbocycles. The van der Waals surface area contributed by atoms with Gasteiger partial charge in [-0.1, -0.05) is 18.2 Å². The first-order chi connectivity index (χ1) is 26.5. The van der Waals surface area contributed by atoms with Crippen LogP contribution in [0.3, 0.4) is 0 Å². The van der Waals surface area contributed by atoms with E-state index in [1.165, 1.54) is 11.6 Å². The molecule has 0 unspecified atom stereocenters. The van der Waals surface area contributed by atoms with Crippen LogP contribution in [0.1, 0.15) is 84.2 Å². The van der Waals surface area contributed by atoms with Crippen LogP contribution in [0, 0.1) is 17.2 Å². The van der Waals surface area contributed by atoms with E-state index in [0.29, 0.717) is 35.0 Å². The van der Waals surface area contributed by atoms with Gasteiger partial charge in [0.05, 0.1) is 34.7 Å². The summed E-state index contributed by atoms with van der Waals surface area (Å²) in [6.45, 7) is 3.44. The number of nitrogens with one attached hydrogen (secondary N) is 2. The monoisotopic (exact) mass is 749 g/mol. The predicted molar refractivity (Wildman–Crippen MR) is 198 cm³/mol. The van der Waals surface area contributed by atoms with E-state index < -0.39 is 29.5 Å². The maximum Gasteiger partial charge on any atom is 0.433 e. The molecule has 3 aromatic heterocycles. The average molecular weight is 750 g/mol. The normalized spacial score (nSPS) is 20.1. The van der Waals surface area contributed by atoms with Gasteiger partial charge in [-0.25, -0.2) is 9.78 Å². The number of anilines is 2. The minimum atomic E-state index is -4.69. The Labute approximate surface area is 314 Å². The van der Waals surface area contributed by atoms with Crippen molar-refractivity contribution in [2.45, 2.75) is 63.1 Å². The number of hydrogen-bond acceptors (Lipinski definition) is 8. The fourth-order valence-corrected chi connectivity index (χ4v) is 8.23. The molecule has 0 atom stereocenters. The highest BCUT2D eigenvalue weighted by Gasteiger charge is 2.33. The van der Waals surface area contributed by atoms with E-state index in [4.69, 9.17) is 5.10 Å². The molecular formula is C40H38F3N9O3. The Morgan fingerprint density at radius 1 is 0.964 bits per heavy atom. The molecule has 282 valence electrons. The molecule has 2 aliphatic heterocycles. The number of urea groups is 1. The van der Waals surface area contributed by atoms with Gasteiger partial charge in [0.1, 0.15) is 17.5 Å². The number of amides is 4. The van der Waals surface area contributed by atoms with E-state index in [0.717, 1.165) is 81.1 Å². The highest BCUT2D eigenvalue weighted by Crippen LogP contribution is 2.37. The molecule has 4 amide bonds. The van der Waals surface area contributed by atoms with Gasteiger partial charge in [-0.3, -0.25) is 29.5 Å². The van der Waals surface area contributed by atoms with Crippen molar-refractivity contribution in [1.82, 2.24) is 30.0 Å². The molecular weight excluding hydrogens is 711 g/mol. The van der Waals surface area contributed by atoms with Crippen LogP contribution in [0.4, 0.5) is 29.3 Å². The number of aromatic nitrogens is 4. The highest BCUT2D eigenvalue weighted by molar-refractivity contribution is 6.09. The number of nitriles is 1. The fourth-order valence-electron chi connectivity index (χ4n) is 8.23. The number of halogens is 3. The molecule has 0 bridgehead atoms. The van der Waals surface area contributed by atoms with E-state index in [-0.39, 0.29) is 29.6 Å². The number of likely N-dealkylation sites (tertiary alicyclic amines) is 1. The number of alkyl halides is 3. The second kappa shape index (κ2) is 14.7. The molecule has 0 radical (unpaired) electrons. The summed E-state index contributed by atoms with van der Waals surface area (Å²) in [5.74, 6) is -0.0802. The average Bonchev–Trinajstić information content (AvgIpc) is 3.60. The minimum Gasteiger partial charge on any atom is -0.319 e. The van der Waals surface area contributed by atoms with Crippen LogP contribution in [-0.4, -0.2) is 68.7 Å². The molecule has 3 fully saturated rings. The molecule has 2 saturated heterocycles. The summed E-state index contributed by atoms with van der Waals surface area (Å²) in [6.07, 6.45) is 7.18. The van der Waals surface area contributed by atoms with E-state index >= 15 is 0 Å². The Hall–Kier alpha value is -5.88. The summed E-state index contributed by atoms with van der Waals surface area (Å²) in [4.78, 5) is 49.0. The molecule has 8 rings (SSSR count). The van der Waals surface area contributed by atoms with Crippen LogP contribution in [0.25, 0.3) is 21.7 Å². The lowest BCUT2D eigenvalue weighted by Crippen LogP contribution is -2.49. The Bertz CT molecular complexity index is 2340. The van der Waals surface area contributed by atoms with Gasteiger partial charge >= 0.3 is 12.2 Å². The van der Waals surface area contributed by atoms with Crippen LogP contribution in [-0.2, 0) is 11.0 Å². The summed E-state index contributed by atoms with van der Waals surface area (Å²) in [5.41, 5.74) is 1.35. The first-order valence-electron chi connectivity index (χ1n) is 18.5. The molecule has 5 heterocycles. The van der Waals surface area contributed by atoms with Gasteiger partial charge in [0.25, 0.3) is 5.91 Å². The van der Waals surface area contributed by atoms with Crippen LogP contribution < -0.4 is 15.5 Å². The zero-order valence-corrected chi connectivity index (χ0v) is 29.9. The molecule has 2 N–H and O–H groups in total. The van der Waals surface area contributed by atoms with Crippen molar-refractivity contribution in [2.75, 3.05) is 36.4 Å². The van der Waals surface area contributed by atoms with Crippen molar-refractivity contribution in [2.24, 2.45) is 5.92 Å². The third-order valence-corrected chi connectivity index (χ3v) is 11.2. The molecule has 1 aliphatic carbocycles. The van der Waals surface area contributed by atoms with Gasteiger partial charge in [-0.2, -0.15) is 23.5 Å². The van der Waals surface area contributed by atoms with Crippen LogP contribution in [0.2, 0.25) is 0 Å². The summed E-state index contributed by atoms with van der Waals surface area (Å²) in [7, 11) is 0. The second-order valence-corrected chi connectivity index (χ2v) is 14.7. The maximum atomic E-state index is 13.1. The third kappa shape index (κ3) is 7.59. The van der Waals surface area contributed by atoms with Gasteiger partial charge < -0.3 is 10.2 Å². The van der Waals surface area contributed by atoms with Crippen molar-refractivity contribution in [3.8, 4) is 6.07 Å². The number of nitrogens with zero attached hydrogens (tertiary/aromatic N) is 7. The summed E-state index contributed by atoms with van der Waals surface area (Å²) in [6, 6.07) is 14.6. The molecule has 3 aliphatic rings. The van der Waals surface area contributed by atoms with E-state index in [1.54, 1.807) is 23.2 Å². The highest BCUT2D eigenvalue weighted by atomic mass is 19.4. The SMILES string of the molecule is N#Cc1cc2nn([C@H]3CC[C@H](CN4CCC(c5ccc6c(N7CCC(=O)NC7=O)cncc6c5)CC4)CC3)cc2cc1NC(=O)c1cccc(C(F)(F)F)n1. The Morgan fingerprint density at radius 3 is 2.51 bits per heavy atom.